The fourth-order valence-electron chi connectivity index (χ4n) is 1.38. The van der Waals surface area contributed by atoms with Crippen LogP contribution in [0.1, 0.15) is 19.8 Å². The number of unbranched alkanes of at least 4 members (excludes halogenated alkanes) is 1. The lowest BCUT2D eigenvalue weighted by Crippen LogP contribution is -2.25. The number of rotatable bonds is 10. The van der Waals surface area contributed by atoms with E-state index >= 15 is 0 Å². The van der Waals surface area contributed by atoms with E-state index in [0.717, 1.165) is 38.5 Å². The van der Waals surface area contributed by atoms with Crippen LogP contribution in [0, 0.1) is 0 Å². The minimum absolute atomic E-state index is 0.693. The Balaban J connectivity index is 1.85. The van der Waals surface area contributed by atoms with E-state index in [1.807, 2.05) is 30.3 Å². The van der Waals surface area contributed by atoms with Gasteiger partial charge in [0.2, 0.25) is 0 Å². The summed E-state index contributed by atoms with van der Waals surface area (Å²) in [4.78, 5) is 0. The van der Waals surface area contributed by atoms with Gasteiger partial charge in [-0.15, -0.1) is 0 Å². The van der Waals surface area contributed by atoms with E-state index in [9.17, 15) is 0 Å². The fraction of sp³-hybridized carbons (Fsp3) is 0.571. The molecule has 0 atom stereocenters. The van der Waals surface area contributed by atoms with Crippen LogP contribution in [0.25, 0.3) is 0 Å². The first-order chi connectivity index (χ1) is 8.43. The van der Waals surface area contributed by atoms with Crippen molar-refractivity contribution in [3.05, 3.63) is 30.3 Å². The largest absolute Gasteiger partial charge is 0.492 e. The van der Waals surface area contributed by atoms with Gasteiger partial charge in [0.25, 0.3) is 0 Å². The van der Waals surface area contributed by atoms with Gasteiger partial charge in [-0.05, 0) is 18.6 Å². The maximum atomic E-state index is 5.55. The third-order valence-electron chi connectivity index (χ3n) is 2.36. The molecule has 0 aliphatic heterocycles. The monoisotopic (exact) mass is 237 g/mol. The van der Waals surface area contributed by atoms with Crippen molar-refractivity contribution in [2.45, 2.75) is 19.8 Å². The fourth-order valence-corrected chi connectivity index (χ4v) is 1.38. The predicted molar refractivity (Wildman–Crippen MR) is 70.5 cm³/mol. The van der Waals surface area contributed by atoms with Gasteiger partial charge in [-0.25, -0.2) is 0 Å². The van der Waals surface area contributed by atoms with E-state index < -0.39 is 0 Å². The molecule has 0 amide bonds. The van der Waals surface area contributed by atoms with E-state index in [-0.39, 0.29) is 0 Å². The number of benzene rings is 1. The average Bonchev–Trinajstić information content (AvgIpc) is 2.38. The highest BCUT2D eigenvalue weighted by Gasteiger charge is 1.92. The van der Waals surface area contributed by atoms with E-state index in [0.29, 0.717) is 6.61 Å². The smallest absolute Gasteiger partial charge is 0.119 e. The average molecular weight is 237 g/mol. The van der Waals surface area contributed by atoms with Crippen LogP contribution >= 0.6 is 0 Å². The minimum atomic E-state index is 0.693. The highest BCUT2D eigenvalue weighted by atomic mass is 16.5. The third kappa shape index (κ3) is 7.77. The Morgan fingerprint density at radius 3 is 2.53 bits per heavy atom. The normalized spacial score (nSPS) is 10.4. The first-order valence-electron chi connectivity index (χ1n) is 6.40. The molecule has 0 radical (unpaired) electrons. The topological polar surface area (TPSA) is 30.5 Å². The Kier molecular flexibility index (Phi) is 8.33. The second kappa shape index (κ2) is 10.1. The van der Waals surface area contributed by atoms with Crippen molar-refractivity contribution in [1.82, 2.24) is 5.32 Å². The van der Waals surface area contributed by atoms with Crippen LogP contribution in [-0.2, 0) is 4.74 Å². The first kappa shape index (κ1) is 14.0. The number of hydrogen-bond donors (Lipinski definition) is 1. The highest BCUT2D eigenvalue weighted by molar-refractivity contribution is 5.20. The molecular weight excluding hydrogens is 214 g/mol. The molecular formula is C14H23NO2. The molecule has 0 aromatic heterocycles. The van der Waals surface area contributed by atoms with Crippen molar-refractivity contribution < 1.29 is 9.47 Å². The summed E-state index contributed by atoms with van der Waals surface area (Å²) in [5.41, 5.74) is 0. The third-order valence-corrected chi connectivity index (χ3v) is 2.36. The lowest BCUT2D eigenvalue weighted by Gasteiger charge is -2.07. The molecule has 0 saturated heterocycles. The zero-order chi connectivity index (χ0) is 12.2. The number of ether oxygens (including phenoxy) is 2. The SMILES string of the molecule is CCCCOCCNCCOc1ccccc1. The summed E-state index contributed by atoms with van der Waals surface area (Å²) in [5.74, 6) is 0.925. The summed E-state index contributed by atoms with van der Waals surface area (Å²) in [5, 5.41) is 3.28. The van der Waals surface area contributed by atoms with Gasteiger partial charge in [-0.1, -0.05) is 31.5 Å². The second-order valence-corrected chi connectivity index (χ2v) is 3.88. The molecule has 3 nitrogen and oxygen atoms in total. The molecule has 1 aromatic rings. The van der Waals surface area contributed by atoms with E-state index in [1.165, 1.54) is 6.42 Å². The first-order valence-corrected chi connectivity index (χ1v) is 6.40. The molecule has 1 N–H and O–H groups in total. The second-order valence-electron chi connectivity index (χ2n) is 3.88. The Labute approximate surface area is 104 Å². The van der Waals surface area contributed by atoms with Crippen LogP contribution in [-0.4, -0.2) is 32.9 Å². The van der Waals surface area contributed by atoms with E-state index in [4.69, 9.17) is 9.47 Å². The standard InChI is InChI=1S/C14H23NO2/c1-2-3-11-16-12-9-15-10-13-17-14-7-5-4-6-8-14/h4-8,15H,2-3,9-13H2,1H3. The molecule has 17 heavy (non-hydrogen) atoms. The van der Waals surface area contributed by atoms with E-state index in [2.05, 4.69) is 12.2 Å². The van der Waals surface area contributed by atoms with Crippen molar-refractivity contribution in [2.24, 2.45) is 0 Å². The Morgan fingerprint density at radius 1 is 1.00 bits per heavy atom. The molecule has 3 heteroatoms. The van der Waals surface area contributed by atoms with Crippen LogP contribution < -0.4 is 10.1 Å². The number of nitrogens with one attached hydrogen (secondary N) is 1. The van der Waals surface area contributed by atoms with Gasteiger partial charge in [-0.3, -0.25) is 0 Å². The van der Waals surface area contributed by atoms with Crippen molar-refractivity contribution in [2.75, 3.05) is 32.9 Å². The highest BCUT2D eigenvalue weighted by Crippen LogP contribution is 2.07. The zero-order valence-electron chi connectivity index (χ0n) is 10.7. The predicted octanol–water partition coefficient (Wildman–Crippen LogP) is 2.47. The summed E-state index contributed by atoms with van der Waals surface area (Å²) in [6.45, 7) is 6.26. The van der Waals surface area contributed by atoms with Crippen molar-refractivity contribution in [3.8, 4) is 5.75 Å². The van der Waals surface area contributed by atoms with Crippen molar-refractivity contribution in [1.29, 1.82) is 0 Å². The molecule has 0 unspecified atom stereocenters. The Hall–Kier alpha value is -1.06. The van der Waals surface area contributed by atoms with Gasteiger partial charge >= 0.3 is 0 Å². The van der Waals surface area contributed by atoms with Gasteiger partial charge in [0.15, 0.2) is 0 Å². The molecule has 0 fully saturated rings. The number of hydrogen-bond acceptors (Lipinski definition) is 3. The lowest BCUT2D eigenvalue weighted by molar-refractivity contribution is 0.132. The van der Waals surface area contributed by atoms with Gasteiger partial charge in [0.1, 0.15) is 12.4 Å². The van der Waals surface area contributed by atoms with Crippen LogP contribution in [0.3, 0.4) is 0 Å². The molecule has 0 aliphatic rings. The molecule has 0 saturated carbocycles. The molecule has 0 bridgehead atoms. The maximum Gasteiger partial charge on any atom is 0.119 e. The van der Waals surface area contributed by atoms with Gasteiger partial charge in [-0.2, -0.15) is 0 Å². The van der Waals surface area contributed by atoms with Crippen molar-refractivity contribution in [3.63, 3.8) is 0 Å². The lowest BCUT2D eigenvalue weighted by atomic mass is 10.3. The zero-order valence-corrected chi connectivity index (χ0v) is 10.7. The molecule has 96 valence electrons. The summed E-state index contributed by atoms with van der Waals surface area (Å²) < 4.78 is 11.0. The summed E-state index contributed by atoms with van der Waals surface area (Å²) in [6, 6.07) is 9.87. The molecule has 0 heterocycles. The molecule has 1 rings (SSSR count). The van der Waals surface area contributed by atoms with Gasteiger partial charge < -0.3 is 14.8 Å². The van der Waals surface area contributed by atoms with Crippen LogP contribution in [0.2, 0.25) is 0 Å². The molecule has 0 spiro atoms. The number of para-hydroxylation sites is 1. The van der Waals surface area contributed by atoms with Crippen LogP contribution in [0.15, 0.2) is 30.3 Å². The van der Waals surface area contributed by atoms with E-state index in [1.54, 1.807) is 0 Å². The van der Waals surface area contributed by atoms with Gasteiger partial charge in [0, 0.05) is 19.7 Å². The quantitative estimate of drug-likeness (QED) is 0.634. The molecule has 1 aromatic carbocycles. The van der Waals surface area contributed by atoms with Gasteiger partial charge in [0.05, 0.1) is 6.61 Å². The Bertz CT molecular complexity index is 264. The van der Waals surface area contributed by atoms with Crippen molar-refractivity contribution >= 4 is 0 Å². The summed E-state index contributed by atoms with van der Waals surface area (Å²) in [6.07, 6.45) is 2.34. The summed E-state index contributed by atoms with van der Waals surface area (Å²) >= 11 is 0. The van der Waals surface area contributed by atoms with Crippen LogP contribution in [0.4, 0.5) is 0 Å². The maximum absolute atomic E-state index is 5.55. The summed E-state index contributed by atoms with van der Waals surface area (Å²) in [7, 11) is 0. The minimum Gasteiger partial charge on any atom is -0.492 e. The van der Waals surface area contributed by atoms with Crippen LogP contribution in [0.5, 0.6) is 5.75 Å². The Morgan fingerprint density at radius 2 is 1.76 bits per heavy atom. The molecule has 0 aliphatic carbocycles.